The van der Waals surface area contributed by atoms with Crippen LogP contribution in [0.15, 0.2) is 0 Å². The van der Waals surface area contributed by atoms with Crippen LogP contribution in [0.1, 0.15) is 51.4 Å². The molecule has 92 valence electrons. The molecule has 0 aromatic heterocycles. The number of nitrogens with zero attached hydrogens (tertiary/aromatic N) is 1. The third-order valence-corrected chi connectivity index (χ3v) is 5.49. The first-order valence-electron chi connectivity index (χ1n) is 7.19. The summed E-state index contributed by atoms with van der Waals surface area (Å²) in [7, 11) is 2.32. The fourth-order valence-corrected chi connectivity index (χ4v) is 4.65. The molecule has 3 rings (SSSR count). The summed E-state index contributed by atoms with van der Waals surface area (Å²) >= 11 is 0. The summed E-state index contributed by atoms with van der Waals surface area (Å²) in [5.74, 6) is 1.16. The lowest BCUT2D eigenvalue weighted by atomic mass is 9.66. The number of fused-ring (bicyclic) bond motifs is 2. The van der Waals surface area contributed by atoms with E-state index >= 15 is 0 Å². The van der Waals surface area contributed by atoms with Crippen molar-refractivity contribution in [3.63, 3.8) is 0 Å². The molecule has 0 spiro atoms. The maximum Gasteiger partial charge on any atom is 0.0626 e. The van der Waals surface area contributed by atoms with Crippen LogP contribution in [-0.4, -0.2) is 35.2 Å². The van der Waals surface area contributed by atoms with Crippen LogP contribution in [0.5, 0.6) is 0 Å². The van der Waals surface area contributed by atoms with Gasteiger partial charge in [0.25, 0.3) is 0 Å². The first-order valence-corrected chi connectivity index (χ1v) is 7.19. The molecular weight excluding hydrogens is 198 g/mol. The molecular formula is C14H25NO. The Morgan fingerprint density at radius 3 is 1.75 bits per heavy atom. The van der Waals surface area contributed by atoms with Crippen molar-refractivity contribution >= 4 is 0 Å². The second-order valence-electron chi connectivity index (χ2n) is 6.19. The predicted molar refractivity (Wildman–Crippen MR) is 65.3 cm³/mol. The number of rotatable bonds is 0. The summed E-state index contributed by atoms with van der Waals surface area (Å²) in [5, 5.41) is 10.6. The Labute approximate surface area is 99.0 Å². The minimum atomic E-state index is 0.00630. The van der Waals surface area contributed by atoms with Crippen LogP contribution >= 0.6 is 0 Å². The Hall–Kier alpha value is -0.0800. The molecule has 3 fully saturated rings. The second kappa shape index (κ2) is 4.30. The van der Waals surface area contributed by atoms with E-state index in [1.165, 1.54) is 51.4 Å². The summed E-state index contributed by atoms with van der Waals surface area (Å²) in [6.45, 7) is 0. The molecule has 0 aromatic carbocycles. The summed E-state index contributed by atoms with van der Waals surface area (Å²) in [4.78, 5) is 2.64. The van der Waals surface area contributed by atoms with E-state index < -0.39 is 0 Å². The zero-order valence-electron chi connectivity index (χ0n) is 10.4. The standard InChI is InChI=1S/C14H25NO/c1-15-12-8-4-2-6-10(12)14(16)11-7-3-5-9-13(11)15/h10-14,16H,2-9H2,1H3/t10-,11+,12+,13-,14?. The minimum Gasteiger partial charge on any atom is -0.392 e. The first kappa shape index (κ1) is 11.0. The van der Waals surface area contributed by atoms with Gasteiger partial charge in [-0.3, -0.25) is 4.90 Å². The van der Waals surface area contributed by atoms with Gasteiger partial charge in [0.1, 0.15) is 0 Å². The molecule has 0 amide bonds. The van der Waals surface area contributed by atoms with Crippen molar-refractivity contribution in [1.29, 1.82) is 0 Å². The molecule has 1 heterocycles. The number of hydrogen-bond donors (Lipinski definition) is 1. The smallest absolute Gasteiger partial charge is 0.0626 e. The van der Waals surface area contributed by atoms with Crippen LogP contribution in [0, 0.1) is 11.8 Å². The number of hydrogen-bond acceptors (Lipinski definition) is 2. The summed E-state index contributed by atoms with van der Waals surface area (Å²) in [6.07, 6.45) is 10.6. The van der Waals surface area contributed by atoms with E-state index in [1.54, 1.807) is 0 Å². The summed E-state index contributed by atoms with van der Waals surface area (Å²) < 4.78 is 0. The van der Waals surface area contributed by atoms with Gasteiger partial charge in [0.2, 0.25) is 0 Å². The van der Waals surface area contributed by atoms with E-state index in [4.69, 9.17) is 0 Å². The Morgan fingerprint density at radius 1 is 0.812 bits per heavy atom. The molecule has 5 atom stereocenters. The normalized spacial score (nSPS) is 49.5. The van der Waals surface area contributed by atoms with Gasteiger partial charge in [-0.25, -0.2) is 0 Å². The molecule has 0 aromatic rings. The molecule has 2 nitrogen and oxygen atoms in total. The van der Waals surface area contributed by atoms with Crippen molar-refractivity contribution in [3.05, 3.63) is 0 Å². The lowest BCUT2D eigenvalue weighted by Gasteiger charge is -2.54. The monoisotopic (exact) mass is 223 g/mol. The fourth-order valence-electron chi connectivity index (χ4n) is 4.65. The Bertz CT molecular complexity index is 205. The Kier molecular flexibility index (Phi) is 2.97. The molecule has 1 aliphatic heterocycles. The Morgan fingerprint density at radius 2 is 1.25 bits per heavy atom. The quantitative estimate of drug-likeness (QED) is 0.681. The summed E-state index contributed by atoms with van der Waals surface area (Å²) in [6, 6.07) is 1.37. The van der Waals surface area contributed by atoms with Gasteiger partial charge >= 0.3 is 0 Å². The van der Waals surface area contributed by atoms with Gasteiger partial charge in [-0.15, -0.1) is 0 Å². The van der Waals surface area contributed by atoms with Gasteiger partial charge in [0.05, 0.1) is 6.10 Å². The predicted octanol–water partition coefficient (Wildman–Crippen LogP) is 2.41. The average Bonchev–Trinajstić information content (AvgIpc) is 2.36. The zero-order valence-corrected chi connectivity index (χ0v) is 10.4. The van der Waals surface area contributed by atoms with Crippen LogP contribution in [0.3, 0.4) is 0 Å². The third-order valence-electron chi connectivity index (χ3n) is 5.49. The van der Waals surface area contributed by atoms with Gasteiger partial charge in [0, 0.05) is 23.9 Å². The lowest BCUT2D eigenvalue weighted by molar-refractivity contribution is -0.110. The van der Waals surface area contributed by atoms with Crippen LogP contribution < -0.4 is 0 Å². The molecule has 0 radical (unpaired) electrons. The molecule has 2 aliphatic carbocycles. The molecule has 3 aliphatic rings. The van der Waals surface area contributed by atoms with Crippen molar-refractivity contribution in [2.45, 2.75) is 69.6 Å². The van der Waals surface area contributed by atoms with Crippen molar-refractivity contribution < 1.29 is 5.11 Å². The van der Waals surface area contributed by atoms with Gasteiger partial charge in [0.15, 0.2) is 0 Å². The maximum atomic E-state index is 10.6. The largest absolute Gasteiger partial charge is 0.392 e. The van der Waals surface area contributed by atoms with Gasteiger partial charge < -0.3 is 5.11 Å². The van der Waals surface area contributed by atoms with Crippen molar-refractivity contribution in [1.82, 2.24) is 4.90 Å². The second-order valence-corrected chi connectivity index (χ2v) is 6.19. The van der Waals surface area contributed by atoms with Crippen LogP contribution in [-0.2, 0) is 0 Å². The van der Waals surface area contributed by atoms with Gasteiger partial charge in [-0.2, -0.15) is 0 Å². The highest BCUT2D eigenvalue weighted by Crippen LogP contribution is 2.44. The number of piperidine rings is 1. The highest BCUT2D eigenvalue weighted by molar-refractivity contribution is 5.00. The fraction of sp³-hybridized carbons (Fsp3) is 1.00. The first-order chi connectivity index (χ1) is 7.79. The van der Waals surface area contributed by atoms with Crippen LogP contribution in [0.25, 0.3) is 0 Å². The average molecular weight is 223 g/mol. The van der Waals surface area contributed by atoms with E-state index in [1.807, 2.05) is 0 Å². The van der Waals surface area contributed by atoms with E-state index in [-0.39, 0.29) is 6.10 Å². The van der Waals surface area contributed by atoms with Crippen LogP contribution in [0.2, 0.25) is 0 Å². The highest BCUT2D eigenvalue weighted by atomic mass is 16.3. The van der Waals surface area contributed by atoms with Crippen molar-refractivity contribution in [2.24, 2.45) is 11.8 Å². The minimum absolute atomic E-state index is 0.00630. The number of likely N-dealkylation sites (tertiary alicyclic amines) is 1. The van der Waals surface area contributed by atoms with Crippen molar-refractivity contribution in [3.8, 4) is 0 Å². The molecule has 2 heteroatoms. The highest BCUT2D eigenvalue weighted by Gasteiger charge is 2.47. The SMILES string of the molecule is CN1[C@@H]2CCCC[C@@H]2C(O)[C@@H]2CCCC[C@@H]21. The third kappa shape index (κ3) is 1.62. The van der Waals surface area contributed by atoms with E-state index in [0.29, 0.717) is 23.9 Å². The molecule has 1 unspecified atom stereocenters. The van der Waals surface area contributed by atoms with E-state index in [9.17, 15) is 5.11 Å². The van der Waals surface area contributed by atoms with Crippen LogP contribution in [0.4, 0.5) is 0 Å². The lowest BCUT2D eigenvalue weighted by Crippen LogP contribution is -2.61. The molecule has 1 N–H and O–H groups in total. The topological polar surface area (TPSA) is 23.5 Å². The number of aliphatic hydroxyl groups excluding tert-OH is 1. The van der Waals surface area contributed by atoms with Crippen molar-refractivity contribution in [2.75, 3.05) is 7.05 Å². The van der Waals surface area contributed by atoms with Gasteiger partial charge in [-0.1, -0.05) is 25.7 Å². The van der Waals surface area contributed by atoms with E-state index in [0.717, 1.165) is 0 Å². The molecule has 16 heavy (non-hydrogen) atoms. The molecule has 1 saturated heterocycles. The molecule has 2 saturated carbocycles. The number of aliphatic hydroxyl groups is 1. The van der Waals surface area contributed by atoms with Gasteiger partial charge in [-0.05, 0) is 32.7 Å². The van der Waals surface area contributed by atoms with E-state index in [2.05, 4.69) is 11.9 Å². The zero-order chi connectivity index (χ0) is 11.1. The summed E-state index contributed by atoms with van der Waals surface area (Å²) in [5.41, 5.74) is 0. The molecule has 0 bridgehead atoms. The Balaban J connectivity index is 1.83. The maximum absolute atomic E-state index is 10.6.